The number of hydrogen-bond donors (Lipinski definition) is 3. The fourth-order valence-electron chi connectivity index (χ4n) is 6.93. The van der Waals surface area contributed by atoms with Crippen LogP contribution in [0.5, 0.6) is 5.75 Å². The first-order chi connectivity index (χ1) is 19.4. The van der Waals surface area contributed by atoms with Crippen molar-refractivity contribution in [3.63, 3.8) is 0 Å². The Morgan fingerprint density at radius 2 is 1.73 bits per heavy atom. The van der Waals surface area contributed by atoms with Crippen LogP contribution in [-0.4, -0.2) is 66.0 Å². The maximum atomic E-state index is 14.0. The number of aromatic hydroxyl groups is 1. The quantitative estimate of drug-likeness (QED) is 0.149. The molecule has 2 aromatic rings. The zero-order chi connectivity index (χ0) is 29.6. The third-order valence-electron chi connectivity index (χ3n) is 8.74. The van der Waals surface area contributed by atoms with Crippen molar-refractivity contribution in [2.75, 3.05) is 10.4 Å². The highest BCUT2D eigenvalue weighted by atomic mass is 79.9. The van der Waals surface area contributed by atoms with Crippen LogP contribution in [0.2, 0.25) is 5.02 Å². The summed E-state index contributed by atoms with van der Waals surface area (Å²) in [6, 6.07) is 10.0. The van der Waals surface area contributed by atoms with Crippen molar-refractivity contribution in [2.45, 2.75) is 28.5 Å². The molecule has 4 amide bonds. The third-order valence-corrected chi connectivity index (χ3v) is 11.0. The lowest BCUT2D eigenvalue weighted by molar-refractivity contribution is -0.138. The minimum Gasteiger partial charge on any atom is -0.508 e. The number of likely N-dealkylation sites (tertiary alicyclic amines) is 1. The van der Waals surface area contributed by atoms with Gasteiger partial charge in [-0.15, -0.1) is 23.2 Å². The topological polar surface area (TPSA) is 135 Å². The molecule has 14 heteroatoms. The number of anilines is 1. The van der Waals surface area contributed by atoms with Crippen LogP contribution in [0.4, 0.5) is 5.69 Å². The van der Waals surface area contributed by atoms with Crippen LogP contribution in [0, 0.1) is 17.8 Å². The molecule has 1 saturated carbocycles. The molecule has 2 aliphatic carbocycles. The molecule has 2 aliphatic heterocycles. The molecule has 4 aliphatic rings. The van der Waals surface area contributed by atoms with E-state index < -0.39 is 64.2 Å². The normalized spacial score (nSPS) is 32.6. The molecule has 6 atom stereocenters. The zero-order valence-corrected chi connectivity index (χ0v) is 24.9. The Morgan fingerprint density at radius 3 is 2.39 bits per heavy atom. The molecule has 6 rings (SSSR count). The first kappa shape index (κ1) is 28.7. The van der Waals surface area contributed by atoms with Crippen molar-refractivity contribution < 1.29 is 34.3 Å². The van der Waals surface area contributed by atoms with Crippen molar-refractivity contribution in [1.29, 1.82) is 0 Å². The summed E-state index contributed by atoms with van der Waals surface area (Å²) < 4.78 is 0. The Kier molecular flexibility index (Phi) is 6.88. The summed E-state index contributed by atoms with van der Waals surface area (Å²) in [5, 5.41) is 29.4. The minimum absolute atomic E-state index is 0.0880. The van der Waals surface area contributed by atoms with Crippen LogP contribution in [0.3, 0.4) is 0 Å². The molecule has 3 fully saturated rings. The molecule has 2 heterocycles. The molecule has 0 radical (unpaired) electrons. The number of amides is 4. The smallest absolute Gasteiger partial charge is 0.488 e. The van der Waals surface area contributed by atoms with Crippen LogP contribution >= 0.6 is 50.7 Å². The Morgan fingerprint density at radius 1 is 1.00 bits per heavy atom. The number of carbonyl (C=O) groups is 4. The summed E-state index contributed by atoms with van der Waals surface area (Å²) in [6.45, 7) is 0. The van der Waals surface area contributed by atoms with Gasteiger partial charge >= 0.3 is 7.12 Å². The van der Waals surface area contributed by atoms with E-state index in [1.54, 1.807) is 6.08 Å². The second kappa shape index (κ2) is 9.82. The number of halogens is 4. The van der Waals surface area contributed by atoms with Gasteiger partial charge < -0.3 is 15.2 Å². The highest BCUT2D eigenvalue weighted by molar-refractivity contribution is 9.09. The number of phenolic OH excluding ortho intramolecular Hbond substituents is 1. The first-order valence-electron chi connectivity index (χ1n) is 12.7. The van der Waals surface area contributed by atoms with Crippen LogP contribution in [0.25, 0.3) is 0 Å². The van der Waals surface area contributed by atoms with E-state index in [0.717, 1.165) is 9.80 Å². The number of hydrogen-bond acceptors (Lipinski definition) is 7. The molecule has 0 bridgehead atoms. The maximum absolute atomic E-state index is 14.0. The van der Waals surface area contributed by atoms with E-state index in [1.165, 1.54) is 42.5 Å². The first-order valence-corrected chi connectivity index (χ1v) is 14.9. The zero-order valence-electron chi connectivity index (χ0n) is 21.0. The van der Waals surface area contributed by atoms with Gasteiger partial charge in [-0.05, 0) is 54.1 Å². The van der Waals surface area contributed by atoms with Gasteiger partial charge in [0.1, 0.15) is 5.75 Å². The molecule has 2 aromatic carbocycles. The number of phenols is 1. The van der Waals surface area contributed by atoms with E-state index in [9.17, 15) is 34.3 Å². The fourth-order valence-corrected chi connectivity index (χ4v) is 8.63. The van der Waals surface area contributed by atoms with E-state index in [0.29, 0.717) is 11.1 Å². The monoisotopic (exact) mass is 680 g/mol. The van der Waals surface area contributed by atoms with Gasteiger partial charge in [0.15, 0.2) is 9.75 Å². The van der Waals surface area contributed by atoms with Crippen molar-refractivity contribution in [3.05, 3.63) is 64.7 Å². The van der Waals surface area contributed by atoms with E-state index >= 15 is 0 Å². The van der Waals surface area contributed by atoms with Crippen LogP contribution in [0.1, 0.15) is 24.3 Å². The van der Waals surface area contributed by atoms with Gasteiger partial charge in [0.05, 0.1) is 23.0 Å². The van der Waals surface area contributed by atoms with Crippen LogP contribution in [-0.2, 0) is 19.2 Å². The molecule has 2 saturated heterocycles. The number of fused-ring (bicyclic) bond motifs is 4. The molecule has 212 valence electrons. The molecule has 0 aromatic heterocycles. The number of nitrogens with zero attached hydrogens (tertiary/aromatic N) is 2. The molecule has 0 unspecified atom stereocenters. The highest BCUT2D eigenvalue weighted by Gasteiger charge is 2.76. The summed E-state index contributed by atoms with van der Waals surface area (Å²) in [6.07, 6.45) is 1.74. The third kappa shape index (κ3) is 3.82. The van der Waals surface area contributed by atoms with Crippen molar-refractivity contribution in [1.82, 2.24) is 4.90 Å². The van der Waals surface area contributed by atoms with Gasteiger partial charge in [-0.25, -0.2) is 0 Å². The van der Waals surface area contributed by atoms with E-state index in [2.05, 4.69) is 15.9 Å². The highest BCUT2D eigenvalue weighted by Crippen LogP contribution is 2.66. The summed E-state index contributed by atoms with van der Waals surface area (Å²) >= 11 is 24.1. The fraction of sp³-hybridized carbons (Fsp3) is 0.333. The number of benzene rings is 2. The number of carbonyl (C=O) groups excluding carboxylic acids is 4. The van der Waals surface area contributed by atoms with Gasteiger partial charge in [0.25, 0.3) is 11.8 Å². The summed E-state index contributed by atoms with van der Waals surface area (Å²) in [5.74, 6) is -6.10. The summed E-state index contributed by atoms with van der Waals surface area (Å²) in [7, 11) is -1.80. The average molecular weight is 683 g/mol. The number of allylic oxidation sites excluding steroid dienone is 2. The number of alkyl halides is 3. The summed E-state index contributed by atoms with van der Waals surface area (Å²) in [5.41, 5.74) is 1.03. The predicted octanol–water partition coefficient (Wildman–Crippen LogP) is 2.64. The van der Waals surface area contributed by atoms with E-state index in [4.69, 9.17) is 34.8 Å². The number of rotatable bonds is 4. The predicted molar refractivity (Wildman–Crippen MR) is 155 cm³/mol. The largest absolute Gasteiger partial charge is 0.508 e. The van der Waals surface area contributed by atoms with Crippen LogP contribution < -0.4 is 10.4 Å². The average Bonchev–Trinajstić information content (AvgIpc) is 3.27. The Balaban J connectivity index is 1.51. The van der Waals surface area contributed by atoms with Gasteiger partial charge in [0.2, 0.25) is 11.8 Å². The second-order valence-electron chi connectivity index (χ2n) is 10.7. The molecule has 9 nitrogen and oxygen atoms in total. The lowest BCUT2D eigenvalue weighted by Gasteiger charge is -2.51. The molecular formula is C27H21BBrCl3N2O7. The number of imide groups is 2. The van der Waals surface area contributed by atoms with Crippen molar-refractivity contribution >= 4 is 92.6 Å². The van der Waals surface area contributed by atoms with Crippen molar-refractivity contribution in [2.24, 2.45) is 17.8 Å². The van der Waals surface area contributed by atoms with Gasteiger partial charge in [-0.3, -0.25) is 29.0 Å². The Labute approximate surface area is 257 Å². The van der Waals surface area contributed by atoms with E-state index in [-0.39, 0.29) is 40.2 Å². The minimum atomic E-state index is -2.01. The lowest BCUT2D eigenvalue weighted by atomic mass is 9.56. The standard InChI is InChI=1S/C27H21BBrCl3N2O7/c29-11-33-24(38)26(31)10-18-15(21(27(26,32)25(33)39)16-5-4-14(35)9-19(16)30)6-7-17-20(18)23(37)34(22(17)36)13-3-1-2-12(8-13)28(40)41/h1-6,8-9,17-18,20-21,35,40-41H,7,10-11H2/t17-,18+,20-,21+,26+,27-/m0/s1. The lowest BCUT2D eigenvalue weighted by Crippen LogP contribution is -2.60. The molecule has 3 N–H and O–H groups in total. The molecular weight excluding hydrogens is 661 g/mol. The van der Waals surface area contributed by atoms with Gasteiger partial charge in [-0.1, -0.05) is 57.4 Å². The van der Waals surface area contributed by atoms with Gasteiger partial charge in [0, 0.05) is 10.9 Å². The van der Waals surface area contributed by atoms with Crippen LogP contribution in [0.15, 0.2) is 54.1 Å². The second-order valence-corrected chi connectivity index (χ2v) is 12.8. The SMILES string of the molecule is O=C1[C@H]2[C@H](CC=C3[C@H]2C[C@@]2(Cl)C(=O)N(CBr)C(=O)[C@@]2(Cl)[C@H]3c2ccc(O)cc2Cl)C(=O)N1c1cccc(B(O)O)c1. The molecule has 0 spiro atoms. The van der Waals surface area contributed by atoms with Crippen molar-refractivity contribution in [3.8, 4) is 5.75 Å². The summed E-state index contributed by atoms with van der Waals surface area (Å²) in [4.78, 5) is 53.1. The maximum Gasteiger partial charge on any atom is 0.488 e. The van der Waals surface area contributed by atoms with Gasteiger partial charge in [-0.2, -0.15) is 0 Å². The Hall–Kier alpha value is -2.41. The van der Waals surface area contributed by atoms with E-state index in [1.807, 2.05) is 0 Å². The molecule has 41 heavy (non-hydrogen) atoms. The Bertz CT molecular complexity index is 1570.